The number of nitrogens with zero attached hydrogens (tertiary/aromatic N) is 1. The van der Waals surface area contributed by atoms with E-state index in [-0.39, 0.29) is 14.4 Å². The van der Waals surface area contributed by atoms with E-state index >= 15 is 0 Å². The minimum Gasteiger partial charge on any atom is -0.395 e. The molecule has 16 heavy (non-hydrogen) atoms. The third-order valence-corrected chi connectivity index (χ3v) is 5.13. The van der Waals surface area contributed by atoms with Gasteiger partial charge in [0.15, 0.2) is 8.68 Å². The molecule has 0 fully saturated rings. The number of aliphatic hydroxyl groups excluding tert-OH is 2. The van der Waals surface area contributed by atoms with Crippen LogP contribution < -0.4 is 4.72 Å². The van der Waals surface area contributed by atoms with Gasteiger partial charge in [0.2, 0.25) is 0 Å². The highest BCUT2D eigenvalue weighted by atomic mass is 35.5. The number of thiazole rings is 1. The Kier molecular flexibility index (Phi) is 4.65. The summed E-state index contributed by atoms with van der Waals surface area (Å²) in [4.78, 5) is 3.78. The van der Waals surface area contributed by atoms with Crippen molar-refractivity contribution in [3.8, 4) is 0 Å². The van der Waals surface area contributed by atoms with Crippen molar-refractivity contribution < 1.29 is 18.6 Å². The van der Waals surface area contributed by atoms with Crippen LogP contribution in [0.5, 0.6) is 0 Å². The first kappa shape index (κ1) is 13.8. The van der Waals surface area contributed by atoms with Crippen LogP contribution >= 0.6 is 22.9 Å². The first-order chi connectivity index (χ1) is 7.40. The van der Waals surface area contributed by atoms with Gasteiger partial charge in [0, 0.05) is 0 Å². The van der Waals surface area contributed by atoms with E-state index in [1.54, 1.807) is 0 Å². The van der Waals surface area contributed by atoms with Crippen molar-refractivity contribution in [2.45, 2.75) is 17.2 Å². The molecule has 1 aromatic heterocycles. The van der Waals surface area contributed by atoms with E-state index in [2.05, 4.69) is 9.71 Å². The Morgan fingerprint density at radius 1 is 1.50 bits per heavy atom. The fourth-order valence-corrected chi connectivity index (χ4v) is 3.98. The number of aromatic nitrogens is 1. The van der Waals surface area contributed by atoms with Gasteiger partial charge >= 0.3 is 0 Å². The number of nitrogens with one attached hydrogen (secondary N) is 1. The van der Waals surface area contributed by atoms with E-state index in [4.69, 9.17) is 21.8 Å². The molecule has 92 valence electrons. The van der Waals surface area contributed by atoms with E-state index in [0.717, 1.165) is 11.3 Å². The number of hydrogen-bond donors (Lipinski definition) is 3. The number of aryl methyl sites for hydroxylation is 1. The second-order valence-corrected chi connectivity index (χ2v) is 6.51. The van der Waals surface area contributed by atoms with Crippen LogP contribution in [0.4, 0.5) is 0 Å². The summed E-state index contributed by atoms with van der Waals surface area (Å²) < 4.78 is 25.8. The normalized spacial score (nSPS) is 12.3. The highest BCUT2D eigenvalue weighted by molar-refractivity contribution is 7.91. The lowest BCUT2D eigenvalue weighted by Gasteiger charge is -2.12. The molecule has 1 heterocycles. The summed E-state index contributed by atoms with van der Waals surface area (Å²) in [7, 11) is -3.79. The first-order valence-corrected chi connectivity index (χ1v) is 6.95. The molecule has 1 aromatic rings. The van der Waals surface area contributed by atoms with Crippen molar-refractivity contribution in [2.75, 3.05) is 13.2 Å². The molecule has 0 aliphatic carbocycles. The topological polar surface area (TPSA) is 99.5 Å². The number of aliphatic hydroxyl groups is 2. The Balaban J connectivity index is 2.98. The fourth-order valence-electron chi connectivity index (χ4n) is 1.01. The summed E-state index contributed by atoms with van der Waals surface area (Å²) in [6, 6.07) is -0.926. The van der Waals surface area contributed by atoms with Gasteiger partial charge in [-0.25, -0.2) is 18.1 Å². The van der Waals surface area contributed by atoms with Gasteiger partial charge in [-0.3, -0.25) is 0 Å². The zero-order valence-electron chi connectivity index (χ0n) is 8.34. The largest absolute Gasteiger partial charge is 0.395 e. The van der Waals surface area contributed by atoms with E-state index < -0.39 is 29.3 Å². The predicted molar refractivity (Wildman–Crippen MR) is 60.1 cm³/mol. The Hall–Kier alpha value is -0.250. The smallest absolute Gasteiger partial charge is 0.252 e. The summed E-state index contributed by atoms with van der Waals surface area (Å²) >= 11 is 6.42. The molecule has 6 nitrogen and oxygen atoms in total. The lowest BCUT2D eigenvalue weighted by atomic mass is 10.4. The second-order valence-electron chi connectivity index (χ2n) is 3.02. The molecular formula is C7H11ClN2O4S2. The second kappa shape index (κ2) is 5.39. The zero-order valence-corrected chi connectivity index (χ0v) is 10.7. The Morgan fingerprint density at radius 2 is 2.06 bits per heavy atom. The molecule has 0 aliphatic rings. The van der Waals surface area contributed by atoms with Crippen LogP contribution in [0.15, 0.2) is 4.21 Å². The third kappa shape index (κ3) is 3.12. The molecule has 0 saturated carbocycles. The molecule has 9 heteroatoms. The van der Waals surface area contributed by atoms with E-state index in [0.29, 0.717) is 0 Å². The fraction of sp³-hybridized carbons (Fsp3) is 0.571. The van der Waals surface area contributed by atoms with Crippen molar-refractivity contribution in [1.82, 2.24) is 9.71 Å². The lowest BCUT2D eigenvalue weighted by Crippen LogP contribution is -2.39. The van der Waals surface area contributed by atoms with Crippen LogP contribution in [0.2, 0.25) is 4.47 Å². The first-order valence-electron chi connectivity index (χ1n) is 4.27. The molecule has 0 aromatic carbocycles. The van der Waals surface area contributed by atoms with Gasteiger partial charge in [0.05, 0.1) is 24.9 Å². The zero-order chi connectivity index (χ0) is 12.3. The predicted octanol–water partition coefficient (Wildman–Crippen LogP) is -0.264. The van der Waals surface area contributed by atoms with Crippen molar-refractivity contribution in [1.29, 1.82) is 0 Å². The van der Waals surface area contributed by atoms with Crippen molar-refractivity contribution in [3.63, 3.8) is 0 Å². The number of rotatable bonds is 5. The quantitative estimate of drug-likeness (QED) is 0.692. The Bertz CT molecular complexity index is 455. The van der Waals surface area contributed by atoms with Crippen LogP contribution in [0.25, 0.3) is 0 Å². The summed E-state index contributed by atoms with van der Waals surface area (Å²) in [5.41, 5.74) is 0.289. The van der Waals surface area contributed by atoms with E-state index in [9.17, 15) is 8.42 Å². The maximum Gasteiger partial charge on any atom is 0.252 e. The molecule has 0 radical (unpaired) electrons. The highest BCUT2D eigenvalue weighted by Gasteiger charge is 2.24. The van der Waals surface area contributed by atoms with Gasteiger partial charge in [0.1, 0.15) is 0 Å². The summed E-state index contributed by atoms with van der Waals surface area (Å²) in [6.45, 7) is 0.548. The minimum absolute atomic E-state index is 0.00981. The van der Waals surface area contributed by atoms with E-state index in [1.165, 1.54) is 6.92 Å². The molecule has 0 bridgehead atoms. The molecule has 0 amide bonds. The van der Waals surface area contributed by atoms with Crippen molar-refractivity contribution >= 4 is 33.0 Å². The monoisotopic (exact) mass is 286 g/mol. The van der Waals surface area contributed by atoms with Crippen molar-refractivity contribution in [3.05, 3.63) is 10.2 Å². The molecule has 0 aliphatic heterocycles. The van der Waals surface area contributed by atoms with Gasteiger partial charge in [-0.15, -0.1) is 0 Å². The Morgan fingerprint density at radius 3 is 2.44 bits per heavy atom. The molecule has 3 N–H and O–H groups in total. The van der Waals surface area contributed by atoms with Gasteiger partial charge in [-0.05, 0) is 6.92 Å². The maximum atomic E-state index is 11.8. The van der Waals surface area contributed by atoms with Gasteiger partial charge in [-0.1, -0.05) is 22.9 Å². The summed E-state index contributed by atoms with van der Waals surface area (Å²) in [5, 5.41) is 17.6. The van der Waals surface area contributed by atoms with Crippen LogP contribution in [-0.2, 0) is 10.0 Å². The summed E-state index contributed by atoms with van der Waals surface area (Å²) in [5.74, 6) is 0. The molecule has 0 unspecified atom stereocenters. The number of hydrogen-bond acceptors (Lipinski definition) is 6. The van der Waals surface area contributed by atoms with Gasteiger partial charge < -0.3 is 10.2 Å². The minimum atomic E-state index is -3.79. The molecular weight excluding hydrogens is 276 g/mol. The molecule has 1 rings (SSSR count). The van der Waals surface area contributed by atoms with Gasteiger partial charge in [-0.2, -0.15) is 0 Å². The Labute approximate surface area is 102 Å². The maximum absolute atomic E-state index is 11.8. The average Bonchev–Trinajstić information content (AvgIpc) is 2.55. The van der Waals surface area contributed by atoms with Crippen LogP contribution in [-0.4, -0.2) is 42.9 Å². The third-order valence-electron chi connectivity index (χ3n) is 1.73. The molecule has 0 atom stereocenters. The SMILES string of the molecule is Cc1nc(Cl)sc1S(=O)(=O)NC(CO)CO. The van der Waals surface area contributed by atoms with Crippen LogP contribution in [0.3, 0.4) is 0 Å². The summed E-state index contributed by atoms with van der Waals surface area (Å²) in [6.07, 6.45) is 0. The van der Waals surface area contributed by atoms with E-state index in [1.807, 2.05) is 0 Å². The van der Waals surface area contributed by atoms with Crippen LogP contribution in [0, 0.1) is 6.92 Å². The molecule has 0 spiro atoms. The van der Waals surface area contributed by atoms with Crippen LogP contribution in [0.1, 0.15) is 5.69 Å². The number of halogens is 1. The molecule has 0 saturated heterocycles. The average molecular weight is 287 g/mol. The standard InChI is InChI=1S/C7H11ClN2O4S2/c1-4-6(15-7(8)9-4)16(13,14)10-5(2-11)3-12/h5,10-12H,2-3H2,1H3. The van der Waals surface area contributed by atoms with Gasteiger partial charge in [0.25, 0.3) is 10.0 Å². The number of sulfonamides is 1. The lowest BCUT2D eigenvalue weighted by molar-refractivity contribution is 0.185. The highest BCUT2D eigenvalue weighted by Crippen LogP contribution is 2.26. The van der Waals surface area contributed by atoms with Crippen molar-refractivity contribution in [2.24, 2.45) is 0 Å².